The Morgan fingerprint density at radius 1 is 1.10 bits per heavy atom. The van der Waals surface area contributed by atoms with Gasteiger partial charge in [0.15, 0.2) is 0 Å². The van der Waals surface area contributed by atoms with Crippen molar-refractivity contribution in [1.29, 1.82) is 0 Å². The van der Waals surface area contributed by atoms with Crippen molar-refractivity contribution in [2.75, 3.05) is 6.54 Å². The molecule has 0 aliphatic rings. The number of benzene rings is 1. The summed E-state index contributed by atoms with van der Waals surface area (Å²) in [6.07, 6.45) is 0. The average Bonchev–Trinajstić information content (AvgIpc) is 2.42. The van der Waals surface area contributed by atoms with Crippen LogP contribution in [0.3, 0.4) is 0 Å². The summed E-state index contributed by atoms with van der Waals surface area (Å²) in [6.45, 7) is 7.89. The van der Waals surface area contributed by atoms with Crippen molar-refractivity contribution < 1.29 is 9.59 Å². The van der Waals surface area contributed by atoms with E-state index in [1.807, 2.05) is 44.2 Å². The van der Waals surface area contributed by atoms with E-state index in [2.05, 4.69) is 17.6 Å². The second-order valence-corrected chi connectivity index (χ2v) is 5.48. The SMILES string of the molecule is CC(=O)N[C@@H](C(=O)NC[C@H](C)c1ccccc1)C(C)C. The van der Waals surface area contributed by atoms with E-state index >= 15 is 0 Å². The molecule has 4 nitrogen and oxygen atoms in total. The molecule has 2 atom stereocenters. The normalized spacial score (nSPS) is 13.7. The Labute approximate surface area is 121 Å². The van der Waals surface area contributed by atoms with Crippen molar-refractivity contribution in [2.24, 2.45) is 5.92 Å². The molecule has 2 amide bonds. The first kappa shape index (κ1) is 16.2. The molecule has 110 valence electrons. The largest absolute Gasteiger partial charge is 0.354 e. The molecule has 0 heterocycles. The molecule has 0 radical (unpaired) electrons. The molecule has 2 N–H and O–H groups in total. The Morgan fingerprint density at radius 2 is 1.70 bits per heavy atom. The van der Waals surface area contributed by atoms with Gasteiger partial charge in [-0.25, -0.2) is 0 Å². The summed E-state index contributed by atoms with van der Waals surface area (Å²) in [6, 6.07) is 9.56. The summed E-state index contributed by atoms with van der Waals surface area (Å²) in [5.74, 6) is -0.0100. The highest BCUT2D eigenvalue weighted by Crippen LogP contribution is 2.13. The fourth-order valence-corrected chi connectivity index (χ4v) is 2.02. The Morgan fingerprint density at radius 3 is 2.20 bits per heavy atom. The van der Waals surface area contributed by atoms with Crippen molar-refractivity contribution in [1.82, 2.24) is 10.6 Å². The molecular formula is C16H24N2O2. The van der Waals surface area contributed by atoms with Crippen LogP contribution in [0.5, 0.6) is 0 Å². The summed E-state index contributed by atoms with van der Waals surface area (Å²) < 4.78 is 0. The monoisotopic (exact) mass is 276 g/mol. The van der Waals surface area contributed by atoms with E-state index in [0.717, 1.165) is 0 Å². The van der Waals surface area contributed by atoms with Gasteiger partial charge in [-0.1, -0.05) is 51.1 Å². The molecule has 1 aromatic carbocycles. The predicted octanol–water partition coefficient (Wildman–Crippen LogP) is 2.07. The Balaban J connectivity index is 2.55. The number of carbonyl (C=O) groups excluding carboxylic acids is 2. The topological polar surface area (TPSA) is 58.2 Å². The van der Waals surface area contributed by atoms with Gasteiger partial charge in [-0.3, -0.25) is 9.59 Å². The summed E-state index contributed by atoms with van der Waals surface area (Å²) >= 11 is 0. The number of amides is 2. The molecule has 0 aliphatic heterocycles. The first-order valence-corrected chi connectivity index (χ1v) is 7.01. The van der Waals surface area contributed by atoms with Gasteiger partial charge in [0.05, 0.1) is 0 Å². The summed E-state index contributed by atoms with van der Waals surface area (Å²) in [7, 11) is 0. The van der Waals surface area contributed by atoms with Gasteiger partial charge in [-0.05, 0) is 17.4 Å². The van der Waals surface area contributed by atoms with Crippen molar-refractivity contribution >= 4 is 11.8 Å². The lowest BCUT2D eigenvalue weighted by atomic mass is 10.00. The molecule has 1 aromatic rings. The Hall–Kier alpha value is -1.84. The molecule has 0 saturated heterocycles. The first-order valence-electron chi connectivity index (χ1n) is 7.01. The first-order chi connectivity index (χ1) is 9.41. The van der Waals surface area contributed by atoms with Gasteiger partial charge in [-0.15, -0.1) is 0 Å². The molecule has 0 unspecified atom stereocenters. The number of rotatable bonds is 6. The Kier molecular flexibility index (Phi) is 6.22. The van der Waals surface area contributed by atoms with Gasteiger partial charge in [-0.2, -0.15) is 0 Å². The molecule has 4 heteroatoms. The van der Waals surface area contributed by atoms with Crippen LogP contribution in [-0.4, -0.2) is 24.4 Å². The van der Waals surface area contributed by atoms with Crippen LogP contribution < -0.4 is 10.6 Å². The second-order valence-electron chi connectivity index (χ2n) is 5.48. The number of hydrogen-bond donors (Lipinski definition) is 2. The third kappa shape index (κ3) is 5.03. The number of carbonyl (C=O) groups is 2. The molecule has 0 aliphatic carbocycles. The molecule has 0 bridgehead atoms. The van der Waals surface area contributed by atoms with E-state index in [0.29, 0.717) is 6.54 Å². The van der Waals surface area contributed by atoms with E-state index in [1.54, 1.807) is 0 Å². The van der Waals surface area contributed by atoms with E-state index in [9.17, 15) is 9.59 Å². The minimum Gasteiger partial charge on any atom is -0.354 e. The van der Waals surface area contributed by atoms with E-state index in [1.165, 1.54) is 12.5 Å². The van der Waals surface area contributed by atoms with Crippen LogP contribution in [-0.2, 0) is 9.59 Å². The van der Waals surface area contributed by atoms with E-state index in [4.69, 9.17) is 0 Å². The quantitative estimate of drug-likeness (QED) is 0.835. The maximum Gasteiger partial charge on any atom is 0.242 e. The van der Waals surface area contributed by atoms with Crippen LogP contribution >= 0.6 is 0 Å². The van der Waals surface area contributed by atoms with Crippen molar-refractivity contribution in [3.63, 3.8) is 0 Å². The zero-order valence-corrected chi connectivity index (χ0v) is 12.6. The minimum atomic E-state index is -0.476. The molecule has 1 rings (SSSR count). The maximum atomic E-state index is 12.1. The van der Waals surface area contributed by atoms with Gasteiger partial charge < -0.3 is 10.6 Å². The third-order valence-electron chi connectivity index (χ3n) is 3.26. The summed E-state index contributed by atoms with van der Waals surface area (Å²) in [5, 5.41) is 5.61. The average molecular weight is 276 g/mol. The van der Waals surface area contributed by atoms with Crippen LogP contribution in [0, 0.1) is 5.92 Å². The van der Waals surface area contributed by atoms with Gasteiger partial charge >= 0.3 is 0 Å². The fraction of sp³-hybridized carbons (Fsp3) is 0.500. The van der Waals surface area contributed by atoms with Gasteiger partial charge in [0.1, 0.15) is 6.04 Å². The standard InChI is InChI=1S/C16H24N2O2/c1-11(2)15(18-13(4)19)16(20)17-10-12(3)14-8-6-5-7-9-14/h5-9,11-12,15H,10H2,1-4H3,(H,17,20)(H,18,19)/t12-,15+/m0/s1. The van der Waals surface area contributed by atoms with E-state index in [-0.39, 0.29) is 23.7 Å². The molecule has 20 heavy (non-hydrogen) atoms. The molecule has 0 aromatic heterocycles. The molecule has 0 saturated carbocycles. The van der Waals surface area contributed by atoms with Crippen molar-refractivity contribution in [2.45, 2.75) is 39.7 Å². The molecule has 0 spiro atoms. The maximum absolute atomic E-state index is 12.1. The van der Waals surface area contributed by atoms with Crippen LogP contribution in [0.2, 0.25) is 0 Å². The highest BCUT2D eigenvalue weighted by molar-refractivity contribution is 5.87. The van der Waals surface area contributed by atoms with Crippen LogP contribution in [0.1, 0.15) is 39.2 Å². The smallest absolute Gasteiger partial charge is 0.242 e. The minimum absolute atomic E-state index is 0.0610. The molecule has 0 fully saturated rings. The summed E-state index contributed by atoms with van der Waals surface area (Å²) in [5.41, 5.74) is 1.19. The highest BCUT2D eigenvalue weighted by atomic mass is 16.2. The second kappa shape index (κ2) is 7.68. The lowest BCUT2D eigenvalue weighted by molar-refractivity contribution is -0.129. The van der Waals surface area contributed by atoms with Crippen LogP contribution in [0.25, 0.3) is 0 Å². The highest BCUT2D eigenvalue weighted by Gasteiger charge is 2.23. The fourth-order valence-electron chi connectivity index (χ4n) is 2.02. The Bertz CT molecular complexity index is 443. The van der Waals surface area contributed by atoms with Crippen molar-refractivity contribution in [3.8, 4) is 0 Å². The number of nitrogens with one attached hydrogen (secondary N) is 2. The van der Waals surface area contributed by atoms with Gasteiger partial charge in [0.2, 0.25) is 11.8 Å². The lowest BCUT2D eigenvalue weighted by Gasteiger charge is -2.22. The number of hydrogen-bond acceptors (Lipinski definition) is 2. The van der Waals surface area contributed by atoms with Crippen molar-refractivity contribution in [3.05, 3.63) is 35.9 Å². The lowest BCUT2D eigenvalue weighted by Crippen LogP contribution is -2.49. The zero-order chi connectivity index (χ0) is 15.1. The van der Waals surface area contributed by atoms with Crippen LogP contribution in [0.4, 0.5) is 0 Å². The van der Waals surface area contributed by atoms with Crippen LogP contribution in [0.15, 0.2) is 30.3 Å². The molecular weight excluding hydrogens is 252 g/mol. The summed E-state index contributed by atoms with van der Waals surface area (Å²) in [4.78, 5) is 23.3. The third-order valence-corrected chi connectivity index (χ3v) is 3.26. The van der Waals surface area contributed by atoms with E-state index < -0.39 is 6.04 Å². The van der Waals surface area contributed by atoms with Gasteiger partial charge in [0.25, 0.3) is 0 Å². The van der Waals surface area contributed by atoms with Gasteiger partial charge in [0, 0.05) is 13.5 Å². The predicted molar refractivity (Wildman–Crippen MR) is 80.3 cm³/mol. The zero-order valence-electron chi connectivity index (χ0n) is 12.6.